The number of anilines is 1. The number of sulfonamides is 1. The molecule has 0 atom stereocenters. The molecule has 0 fully saturated rings. The predicted molar refractivity (Wildman–Crippen MR) is 78.4 cm³/mol. The van der Waals surface area contributed by atoms with Gasteiger partial charge in [0.05, 0.1) is 15.7 Å². The summed E-state index contributed by atoms with van der Waals surface area (Å²) in [4.78, 5) is -0.0371. The van der Waals surface area contributed by atoms with Crippen molar-refractivity contribution in [3.05, 3.63) is 58.1 Å². The van der Waals surface area contributed by atoms with Crippen LogP contribution in [0.1, 0.15) is 5.56 Å². The van der Waals surface area contributed by atoms with Crippen molar-refractivity contribution in [2.24, 2.45) is 0 Å². The van der Waals surface area contributed by atoms with Crippen LogP contribution in [-0.2, 0) is 10.0 Å². The van der Waals surface area contributed by atoms with Crippen LogP contribution in [-0.4, -0.2) is 8.42 Å². The van der Waals surface area contributed by atoms with E-state index >= 15 is 0 Å². The Hall–Kier alpha value is -1.23. The third-order valence-electron chi connectivity index (χ3n) is 2.60. The second-order valence-corrected chi connectivity index (χ2v) is 6.41. The minimum atomic E-state index is -3.76. The molecule has 2 aromatic rings. The van der Waals surface area contributed by atoms with E-state index < -0.39 is 10.0 Å². The fourth-order valence-corrected chi connectivity index (χ4v) is 3.47. The molecule has 19 heavy (non-hydrogen) atoms. The SMILES string of the molecule is Cc1ccccc1NS(=O)(=O)c1cccc(Cl)c1Cl. The van der Waals surface area contributed by atoms with Crippen molar-refractivity contribution in [1.82, 2.24) is 0 Å². The largest absolute Gasteiger partial charge is 0.279 e. The Morgan fingerprint density at radius 2 is 1.68 bits per heavy atom. The monoisotopic (exact) mass is 315 g/mol. The number of aryl methyl sites for hydroxylation is 1. The molecule has 0 saturated heterocycles. The third kappa shape index (κ3) is 3.03. The molecule has 2 rings (SSSR count). The van der Waals surface area contributed by atoms with E-state index in [1.165, 1.54) is 12.1 Å². The summed E-state index contributed by atoms with van der Waals surface area (Å²) in [5.41, 5.74) is 1.34. The van der Waals surface area contributed by atoms with Crippen molar-refractivity contribution in [2.75, 3.05) is 4.72 Å². The summed E-state index contributed by atoms with van der Waals surface area (Å²) in [5, 5.41) is 0.222. The van der Waals surface area contributed by atoms with Crippen LogP contribution in [0.2, 0.25) is 10.0 Å². The Balaban J connectivity index is 2.44. The van der Waals surface area contributed by atoms with Gasteiger partial charge in [0.2, 0.25) is 0 Å². The summed E-state index contributed by atoms with van der Waals surface area (Å²) in [6, 6.07) is 11.6. The van der Waals surface area contributed by atoms with Gasteiger partial charge in [0.25, 0.3) is 10.0 Å². The summed E-state index contributed by atoms with van der Waals surface area (Å²) in [6.07, 6.45) is 0. The number of nitrogens with one attached hydrogen (secondary N) is 1. The molecule has 1 N–H and O–H groups in total. The first-order valence-corrected chi connectivity index (χ1v) is 7.68. The van der Waals surface area contributed by atoms with E-state index in [1.54, 1.807) is 18.2 Å². The molecule has 0 radical (unpaired) electrons. The summed E-state index contributed by atoms with van der Waals surface area (Å²) >= 11 is 11.8. The number of halogens is 2. The van der Waals surface area contributed by atoms with Gasteiger partial charge < -0.3 is 0 Å². The van der Waals surface area contributed by atoms with E-state index in [1.807, 2.05) is 19.1 Å². The summed E-state index contributed by atoms with van der Waals surface area (Å²) in [7, 11) is -3.76. The van der Waals surface area contributed by atoms with Crippen molar-refractivity contribution in [3.8, 4) is 0 Å². The van der Waals surface area contributed by atoms with Gasteiger partial charge in [0.1, 0.15) is 4.90 Å². The third-order valence-corrected chi connectivity index (χ3v) is 4.93. The summed E-state index contributed by atoms with van der Waals surface area (Å²) in [5.74, 6) is 0. The summed E-state index contributed by atoms with van der Waals surface area (Å²) in [6.45, 7) is 1.82. The van der Waals surface area contributed by atoms with Crippen LogP contribution in [0.4, 0.5) is 5.69 Å². The lowest BCUT2D eigenvalue weighted by molar-refractivity contribution is 0.601. The number of benzene rings is 2. The highest BCUT2D eigenvalue weighted by Crippen LogP contribution is 2.30. The van der Waals surface area contributed by atoms with Gasteiger partial charge in [-0.25, -0.2) is 8.42 Å². The molecule has 3 nitrogen and oxygen atoms in total. The van der Waals surface area contributed by atoms with Crippen LogP contribution in [0.15, 0.2) is 47.4 Å². The maximum atomic E-state index is 12.3. The second-order valence-electron chi connectivity index (χ2n) is 3.97. The number of rotatable bonds is 3. The molecule has 2 aromatic carbocycles. The van der Waals surface area contributed by atoms with Crippen LogP contribution >= 0.6 is 23.2 Å². The Labute approximate surface area is 122 Å². The first-order valence-electron chi connectivity index (χ1n) is 5.44. The first-order chi connectivity index (χ1) is 8.92. The van der Waals surface area contributed by atoms with E-state index in [9.17, 15) is 8.42 Å². The van der Waals surface area contributed by atoms with E-state index in [0.717, 1.165) is 5.56 Å². The van der Waals surface area contributed by atoms with Gasteiger partial charge in [-0.15, -0.1) is 0 Å². The lowest BCUT2D eigenvalue weighted by Gasteiger charge is -2.11. The van der Waals surface area contributed by atoms with Crippen LogP contribution in [0.3, 0.4) is 0 Å². The fraction of sp³-hybridized carbons (Fsp3) is 0.0769. The van der Waals surface area contributed by atoms with Crippen LogP contribution in [0.25, 0.3) is 0 Å². The van der Waals surface area contributed by atoms with E-state index in [0.29, 0.717) is 5.69 Å². The molecule has 6 heteroatoms. The molecule has 0 aliphatic heterocycles. The van der Waals surface area contributed by atoms with Crippen LogP contribution in [0.5, 0.6) is 0 Å². The van der Waals surface area contributed by atoms with Crippen LogP contribution in [0, 0.1) is 6.92 Å². The van der Waals surface area contributed by atoms with Crippen molar-refractivity contribution < 1.29 is 8.42 Å². The highest BCUT2D eigenvalue weighted by atomic mass is 35.5. The van der Waals surface area contributed by atoms with E-state index in [4.69, 9.17) is 23.2 Å². The number of para-hydroxylation sites is 1. The second kappa shape index (κ2) is 5.41. The normalized spacial score (nSPS) is 11.3. The molecule has 0 bridgehead atoms. The van der Waals surface area contributed by atoms with Gasteiger partial charge in [0.15, 0.2) is 0 Å². The zero-order valence-electron chi connectivity index (χ0n) is 10.0. The first kappa shape index (κ1) is 14.2. The molecule has 0 amide bonds. The average Bonchev–Trinajstić information content (AvgIpc) is 2.35. The summed E-state index contributed by atoms with van der Waals surface area (Å²) < 4.78 is 27.0. The van der Waals surface area contributed by atoms with E-state index in [-0.39, 0.29) is 14.9 Å². The van der Waals surface area contributed by atoms with Gasteiger partial charge in [-0.1, -0.05) is 47.5 Å². The molecular weight excluding hydrogens is 305 g/mol. The molecule has 100 valence electrons. The average molecular weight is 316 g/mol. The highest BCUT2D eigenvalue weighted by Gasteiger charge is 2.19. The maximum Gasteiger partial charge on any atom is 0.263 e. The van der Waals surface area contributed by atoms with Gasteiger partial charge >= 0.3 is 0 Å². The number of hydrogen-bond donors (Lipinski definition) is 1. The van der Waals surface area contributed by atoms with Crippen molar-refractivity contribution in [3.63, 3.8) is 0 Å². The molecule has 0 aliphatic rings. The Morgan fingerprint density at radius 3 is 2.37 bits per heavy atom. The van der Waals surface area contributed by atoms with Crippen molar-refractivity contribution >= 4 is 38.9 Å². The van der Waals surface area contributed by atoms with Crippen LogP contribution < -0.4 is 4.72 Å². The van der Waals surface area contributed by atoms with Gasteiger partial charge in [0, 0.05) is 0 Å². The van der Waals surface area contributed by atoms with Crippen molar-refractivity contribution in [1.29, 1.82) is 0 Å². The predicted octanol–water partition coefficient (Wildman–Crippen LogP) is 4.10. The quantitative estimate of drug-likeness (QED) is 0.926. The van der Waals surface area contributed by atoms with Gasteiger partial charge in [-0.3, -0.25) is 4.72 Å². The Bertz CT molecular complexity index is 714. The minimum Gasteiger partial charge on any atom is -0.279 e. The molecular formula is C13H11Cl2NO2S. The lowest BCUT2D eigenvalue weighted by Crippen LogP contribution is -2.14. The topological polar surface area (TPSA) is 46.2 Å². The fourth-order valence-electron chi connectivity index (χ4n) is 1.58. The standard InChI is InChI=1S/C13H11Cl2NO2S/c1-9-5-2-3-7-11(9)16-19(17,18)12-8-4-6-10(14)13(12)15/h2-8,16H,1H3. The molecule has 0 aromatic heterocycles. The molecule has 0 heterocycles. The highest BCUT2D eigenvalue weighted by molar-refractivity contribution is 7.92. The molecule has 0 spiro atoms. The van der Waals surface area contributed by atoms with Gasteiger partial charge in [-0.05, 0) is 30.7 Å². The zero-order valence-corrected chi connectivity index (χ0v) is 12.4. The Morgan fingerprint density at radius 1 is 1.00 bits per heavy atom. The van der Waals surface area contributed by atoms with Gasteiger partial charge in [-0.2, -0.15) is 0 Å². The smallest absolute Gasteiger partial charge is 0.263 e. The number of hydrogen-bond acceptors (Lipinski definition) is 2. The lowest BCUT2D eigenvalue weighted by atomic mass is 10.2. The Kier molecular flexibility index (Phi) is 4.04. The zero-order chi connectivity index (χ0) is 14.0. The molecule has 0 saturated carbocycles. The molecule has 0 unspecified atom stereocenters. The maximum absolute atomic E-state index is 12.3. The van der Waals surface area contributed by atoms with E-state index in [2.05, 4.69) is 4.72 Å². The van der Waals surface area contributed by atoms with Crippen molar-refractivity contribution in [2.45, 2.75) is 11.8 Å². The molecule has 0 aliphatic carbocycles. The minimum absolute atomic E-state index is 0.0188.